The molecule has 1 rings (SSSR count). The molecule has 0 fully saturated rings. The van der Waals surface area contributed by atoms with E-state index in [9.17, 15) is 14.7 Å². The first kappa shape index (κ1) is 19.5. The minimum absolute atomic E-state index is 0.122. The maximum atomic E-state index is 11.6. The molecule has 0 aliphatic rings. The summed E-state index contributed by atoms with van der Waals surface area (Å²) < 4.78 is 9.94. The number of rotatable bonds is 8. The van der Waals surface area contributed by atoms with Crippen LogP contribution in [0.25, 0.3) is 0 Å². The van der Waals surface area contributed by atoms with Crippen LogP contribution in [0.4, 0.5) is 0 Å². The van der Waals surface area contributed by atoms with Gasteiger partial charge >= 0.3 is 5.97 Å². The molecule has 0 saturated heterocycles. The largest absolute Gasteiger partial charge is 0.489 e. The molecule has 128 valence electrons. The summed E-state index contributed by atoms with van der Waals surface area (Å²) in [6, 6.07) is 3.40. The number of nitrogens with one attached hydrogen (secondary N) is 1. The molecule has 1 aromatic carbocycles. The van der Waals surface area contributed by atoms with Crippen molar-refractivity contribution in [2.75, 3.05) is 19.8 Å². The van der Waals surface area contributed by atoms with E-state index in [1.807, 2.05) is 0 Å². The van der Waals surface area contributed by atoms with Crippen LogP contribution >= 0.6 is 23.2 Å². The van der Waals surface area contributed by atoms with Crippen molar-refractivity contribution < 1.29 is 24.2 Å². The molecule has 4 N–H and O–H groups in total. The molecule has 2 unspecified atom stereocenters. The van der Waals surface area contributed by atoms with Crippen LogP contribution in [0.3, 0.4) is 0 Å². The fourth-order valence-corrected chi connectivity index (χ4v) is 1.85. The molecular formula is C14H18Cl2N2O5. The van der Waals surface area contributed by atoms with Crippen LogP contribution in [0, 0.1) is 0 Å². The van der Waals surface area contributed by atoms with Crippen LogP contribution in [-0.2, 0) is 14.3 Å². The minimum atomic E-state index is -1.44. The Morgan fingerprint density at radius 3 is 2.74 bits per heavy atom. The van der Waals surface area contributed by atoms with Gasteiger partial charge in [-0.05, 0) is 19.1 Å². The average molecular weight is 365 g/mol. The SMILES string of the molecule is CCOC(=O)C(N)C(=O)NCC(O)COc1cccc(Cl)c1Cl. The van der Waals surface area contributed by atoms with Gasteiger partial charge in [-0.3, -0.25) is 4.79 Å². The van der Waals surface area contributed by atoms with Crippen LogP contribution in [0.1, 0.15) is 6.92 Å². The molecule has 0 aromatic heterocycles. The van der Waals surface area contributed by atoms with Gasteiger partial charge in [0.25, 0.3) is 0 Å². The predicted molar refractivity (Wildman–Crippen MR) is 85.6 cm³/mol. The van der Waals surface area contributed by atoms with E-state index in [1.165, 1.54) is 0 Å². The number of hydrogen-bond donors (Lipinski definition) is 3. The molecule has 0 saturated carbocycles. The molecule has 0 bridgehead atoms. The van der Waals surface area contributed by atoms with E-state index < -0.39 is 24.0 Å². The average Bonchev–Trinajstić information content (AvgIpc) is 2.53. The second kappa shape index (κ2) is 9.57. The molecular weight excluding hydrogens is 347 g/mol. The summed E-state index contributed by atoms with van der Waals surface area (Å²) in [5, 5.41) is 12.7. The number of ether oxygens (including phenoxy) is 2. The van der Waals surface area contributed by atoms with Crippen molar-refractivity contribution in [3.05, 3.63) is 28.2 Å². The molecule has 0 spiro atoms. The lowest BCUT2D eigenvalue weighted by molar-refractivity contribution is -0.148. The number of carbonyl (C=O) groups is 2. The molecule has 7 nitrogen and oxygen atoms in total. The van der Waals surface area contributed by atoms with E-state index >= 15 is 0 Å². The standard InChI is InChI=1S/C14H18Cl2N2O5/c1-2-22-14(21)12(17)13(20)18-6-8(19)7-23-10-5-3-4-9(15)11(10)16/h3-5,8,12,19H,2,6-7,17H2,1H3,(H,18,20). The Hall–Kier alpha value is -1.54. The van der Waals surface area contributed by atoms with E-state index in [1.54, 1.807) is 25.1 Å². The van der Waals surface area contributed by atoms with Crippen molar-refractivity contribution >= 4 is 35.1 Å². The Labute approximate surface area is 143 Å². The highest BCUT2D eigenvalue weighted by Crippen LogP contribution is 2.31. The second-order valence-electron chi connectivity index (χ2n) is 4.49. The molecule has 0 heterocycles. The predicted octanol–water partition coefficient (Wildman–Crippen LogP) is 0.740. The van der Waals surface area contributed by atoms with Gasteiger partial charge in [-0.1, -0.05) is 29.3 Å². The zero-order valence-corrected chi connectivity index (χ0v) is 13.9. The van der Waals surface area contributed by atoms with Crippen molar-refractivity contribution in [3.8, 4) is 5.75 Å². The Morgan fingerprint density at radius 1 is 1.39 bits per heavy atom. The Morgan fingerprint density at radius 2 is 2.09 bits per heavy atom. The Bertz CT molecular complexity index is 556. The van der Waals surface area contributed by atoms with E-state index in [0.29, 0.717) is 10.8 Å². The lowest BCUT2D eigenvalue weighted by Gasteiger charge is -2.16. The van der Waals surface area contributed by atoms with Gasteiger partial charge in [0.05, 0.1) is 11.6 Å². The summed E-state index contributed by atoms with van der Waals surface area (Å²) in [6.45, 7) is 1.44. The van der Waals surface area contributed by atoms with Gasteiger partial charge in [-0.2, -0.15) is 0 Å². The Balaban J connectivity index is 2.39. The number of aliphatic hydroxyl groups is 1. The summed E-state index contributed by atoms with van der Waals surface area (Å²) in [4.78, 5) is 22.9. The topological polar surface area (TPSA) is 111 Å². The molecule has 9 heteroatoms. The maximum absolute atomic E-state index is 11.6. The summed E-state index contributed by atoms with van der Waals surface area (Å²) >= 11 is 11.8. The van der Waals surface area contributed by atoms with Gasteiger partial charge < -0.3 is 25.6 Å². The maximum Gasteiger partial charge on any atom is 0.332 e. The summed E-state index contributed by atoms with van der Waals surface area (Å²) in [6.07, 6.45) is -1.02. The van der Waals surface area contributed by atoms with Gasteiger partial charge in [0.2, 0.25) is 5.91 Å². The highest BCUT2D eigenvalue weighted by Gasteiger charge is 2.23. The van der Waals surface area contributed by atoms with Crippen molar-refractivity contribution in [2.45, 2.75) is 19.1 Å². The van der Waals surface area contributed by atoms with Gasteiger partial charge in [0, 0.05) is 6.54 Å². The highest BCUT2D eigenvalue weighted by atomic mass is 35.5. The molecule has 23 heavy (non-hydrogen) atoms. The first-order chi connectivity index (χ1) is 10.9. The third kappa shape index (κ3) is 6.23. The van der Waals surface area contributed by atoms with E-state index in [4.69, 9.17) is 33.7 Å². The number of nitrogens with two attached hydrogens (primary N) is 1. The quantitative estimate of drug-likeness (QED) is 0.463. The minimum Gasteiger partial charge on any atom is -0.489 e. The van der Waals surface area contributed by atoms with Gasteiger partial charge in [-0.25, -0.2) is 4.79 Å². The van der Waals surface area contributed by atoms with Crippen LogP contribution in [0.15, 0.2) is 18.2 Å². The molecule has 0 aliphatic carbocycles. The molecule has 1 aromatic rings. The Kier molecular flexibility index (Phi) is 8.11. The molecule has 0 radical (unpaired) electrons. The first-order valence-electron chi connectivity index (χ1n) is 6.81. The summed E-state index contributed by atoms with van der Waals surface area (Å²) in [5.41, 5.74) is 5.40. The van der Waals surface area contributed by atoms with Crippen LogP contribution < -0.4 is 15.8 Å². The monoisotopic (exact) mass is 364 g/mol. The first-order valence-corrected chi connectivity index (χ1v) is 7.57. The number of carbonyl (C=O) groups excluding carboxylic acids is 2. The molecule has 2 atom stereocenters. The lowest BCUT2D eigenvalue weighted by atomic mass is 10.3. The third-order valence-electron chi connectivity index (χ3n) is 2.68. The number of benzene rings is 1. The van der Waals surface area contributed by atoms with Crippen molar-refractivity contribution in [3.63, 3.8) is 0 Å². The van der Waals surface area contributed by atoms with Gasteiger partial charge in [0.1, 0.15) is 23.5 Å². The third-order valence-corrected chi connectivity index (χ3v) is 3.48. The summed E-state index contributed by atoms with van der Waals surface area (Å²) in [7, 11) is 0. The van der Waals surface area contributed by atoms with E-state index in [2.05, 4.69) is 10.1 Å². The molecule has 1 amide bonds. The van der Waals surface area contributed by atoms with E-state index in [0.717, 1.165) is 0 Å². The van der Waals surface area contributed by atoms with Crippen molar-refractivity contribution in [2.24, 2.45) is 5.73 Å². The number of aliphatic hydroxyl groups excluding tert-OH is 1. The fraction of sp³-hybridized carbons (Fsp3) is 0.429. The van der Waals surface area contributed by atoms with Crippen LogP contribution in [0.2, 0.25) is 10.0 Å². The van der Waals surface area contributed by atoms with Crippen molar-refractivity contribution in [1.82, 2.24) is 5.32 Å². The highest BCUT2D eigenvalue weighted by molar-refractivity contribution is 6.42. The lowest BCUT2D eigenvalue weighted by Crippen LogP contribution is -2.49. The van der Waals surface area contributed by atoms with E-state index in [-0.39, 0.29) is 24.8 Å². The number of hydrogen-bond acceptors (Lipinski definition) is 6. The smallest absolute Gasteiger partial charge is 0.332 e. The van der Waals surface area contributed by atoms with Gasteiger partial charge in [0.15, 0.2) is 6.04 Å². The number of esters is 1. The fourth-order valence-electron chi connectivity index (χ4n) is 1.51. The van der Waals surface area contributed by atoms with Crippen LogP contribution in [-0.4, -0.2) is 48.9 Å². The zero-order valence-electron chi connectivity index (χ0n) is 12.4. The number of amides is 1. The summed E-state index contributed by atoms with van der Waals surface area (Å²) in [5.74, 6) is -1.27. The second-order valence-corrected chi connectivity index (χ2v) is 5.28. The zero-order chi connectivity index (χ0) is 17.4. The van der Waals surface area contributed by atoms with Gasteiger partial charge in [-0.15, -0.1) is 0 Å². The molecule has 0 aliphatic heterocycles. The van der Waals surface area contributed by atoms with Crippen LogP contribution in [0.5, 0.6) is 5.75 Å². The number of halogens is 2. The van der Waals surface area contributed by atoms with Crippen molar-refractivity contribution in [1.29, 1.82) is 0 Å². The normalized spacial score (nSPS) is 13.1.